The van der Waals surface area contributed by atoms with Crippen LogP contribution in [0.4, 0.5) is 0 Å². The quantitative estimate of drug-likeness (QED) is 0.669. The Hall–Kier alpha value is -0.570. The van der Waals surface area contributed by atoms with Gasteiger partial charge in [0.05, 0.1) is 12.5 Å². The lowest BCUT2D eigenvalue weighted by molar-refractivity contribution is -0.152. The molecule has 0 aromatic carbocycles. The molecule has 3 nitrogen and oxygen atoms in total. The minimum atomic E-state index is -0.119. The van der Waals surface area contributed by atoms with E-state index in [1.807, 2.05) is 0 Å². The summed E-state index contributed by atoms with van der Waals surface area (Å²) in [6.45, 7) is 4.50. The highest BCUT2D eigenvalue weighted by atomic mass is 16.5. The van der Waals surface area contributed by atoms with Gasteiger partial charge >= 0.3 is 5.97 Å². The molecule has 16 heavy (non-hydrogen) atoms. The zero-order valence-electron chi connectivity index (χ0n) is 10.4. The highest BCUT2D eigenvalue weighted by Gasteiger charge is 2.71. The average molecular weight is 223 g/mol. The minimum absolute atomic E-state index is 0.0495. The Bertz CT molecular complexity index is 328. The van der Waals surface area contributed by atoms with Crippen molar-refractivity contribution >= 4 is 5.97 Å². The van der Waals surface area contributed by atoms with Crippen LogP contribution in [0.15, 0.2) is 0 Å². The Labute approximate surface area is 97.1 Å². The highest BCUT2D eigenvalue weighted by Crippen LogP contribution is 2.66. The molecule has 4 atom stereocenters. The molecule has 3 rings (SSSR count). The third kappa shape index (κ3) is 1.10. The van der Waals surface area contributed by atoms with Crippen LogP contribution in [0.3, 0.4) is 0 Å². The maximum absolute atomic E-state index is 12.0. The molecular formula is C13H21NO2. The lowest BCUT2D eigenvalue weighted by Gasteiger charge is -2.41. The average Bonchev–Trinajstić information content (AvgIpc) is 2.87. The molecule has 3 heteroatoms. The molecule has 3 fully saturated rings. The first-order valence-electron chi connectivity index (χ1n) is 6.47. The van der Waals surface area contributed by atoms with E-state index in [4.69, 9.17) is 4.74 Å². The summed E-state index contributed by atoms with van der Waals surface area (Å²) in [5.74, 6) is 0.668. The number of esters is 1. The number of methoxy groups -OCH3 is 1. The number of piperidine rings is 1. The summed E-state index contributed by atoms with van der Waals surface area (Å²) in [6, 6.07) is 1.75. The van der Waals surface area contributed by atoms with Crippen LogP contribution in [0.1, 0.15) is 39.5 Å². The van der Waals surface area contributed by atoms with E-state index in [2.05, 4.69) is 18.7 Å². The molecule has 0 aromatic heterocycles. The van der Waals surface area contributed by atoms with E-state index < -0.39 is 0 Å². The zero-order valence-corrected chi connectivity index (χ0v) is 10.4. The minimum Gasteiger partial charge on any atom is -0.469 e. The maximum atomic E-state index is 12.0. The fraction of sp³-hybridized carbons (Fsp3) is 0.923. The molecule has 0 aromatic rings. The fourth-order valence-corrected chi connectivity index (χ4v) is 4.40. The lowest BCUT2D eigenvalue weighted by atomic mass is 9.88. The summed E-state index contributed by atoms with van der Waals surface area (Å²) in [5.41, 5.74) is -0.119. The van der Waals surface area contributed by atoms with Crippen LogP contribution in [-0.4, -0.2) is 36.1 Å². The number of hydrogen-bond donors (Lipinski definition) is 0. The molecule has 2 saturated heterocycles. The predicted octanol–water partition coefficient (Wildman–Crippen LogP) is 1.81. The third-order valence-electron chi connectivity index (χ3n) is 5.02. The first-order valence-corrected chi connectivity index (χ1v) is 6.47. The van der Waals surface area contributed by atoms with Gasteiger partial charge in [-0.05, 0) is 45.4 Å². The number of nitrogens with zero attached hydrogens (tertiary/aromatic N) is 1. The summed E-state index contributed by atoms with van der Waals surface area (Å²) in [7, 11) is 1.53. The van der Waals surface area contributed by atoms with Crippen molar-refractivity contribution in [1.82, 2.24) is 4.90 Å². The molecule has 0 amide bonds. The van der Waals surface area contributed by atoms with Gasteiger partial charge in [0.25, 0.3) is 0 Å². The molecule has 2 aliphatic heterocycles. The van der Waals surface area contributed by atoms with Gasteiger partial charge in [0.2, 0.25) is 0 Å². The summed E-state index contributed by atoms with van der Waals surface area (Å²) >= 11 is 0. The Morgan fingerprint density at radius 2 is 2.19 bits per heavy atom. The molecule has 2 heterocycles. The van der Waals surface area contributed by atoms with E-state index in [0.717, 1.165) is 12.5 Å². The molecule has 4 unspecified atom stereocenters. The molecule has 0 spiro atoms. The lowest BCUT2D eigenvalue weighted by Crippen LogP contribution is -2.52. The van der Waals surface area contributed by atoms with Gasteiger partial charge < -0.3 is 4.74 Å². The normalized spacial score (nSPS) is 45.6. The van der Waals surface area contributed by atoms with Crippen molar-refractivity contribution < 1.29 is 9.53 Å². The second-order valence-corrected chi connectivity index (χ2v) is 5.96. The number of carbonyl (C=O) groups is 1. The Morgan fingerprint density at radius 1 is 1.44 bits per heavy atom. The van der Waals surface area contributed by atoms with Crippen LogP contribution < -0.4 is 0 Å². The summed E-state index contributed by atoms with van der Waals surface area (Å²) < 4.78 is 5.05. The first kappa shape index (κ1) is 10.6. The van der Waals surface area contributed by atoms with Crippen LogP contribution in [0.5, 0.6) is 0 Å². The van der Waals surface area contributed by atoms with E-state index in [-0.39, 0.29) is 11.4 Å². The van der Waals surface area contributed by atoms with Gasteiger partial charge in [0.1, 0.15) is 0 Å². The van der Waals surface area contributed by atoms with Crippen molar-refractivity contribution in [1.29, 1.82) is 0 Å². The van der Waals surface area contributed by atoms with Crippen molar-refractivity contribution in [2.24, 2.45) is 11.3 Å². The summed E-state index contributed by atoms with van der Waals surface area (Å²) in [5, 5.41) is 0. The molecule has 1 saturated carbocycles. The van der Waals surface area contributed by atoms with Crippen LogP contribution in [0, 0.1) is 11.3 Å². The SMILES string of the molecule is COC(=O)C12CC1CC1CCC2N1C(C)C. The van der Waals surface area contributed by atoms with Crippen molar-refractivity contribution in [2.45, 2.75) is 57.7 Å². The van der Waals surface area contributed by atoms with E-state index in [9.17, 15) is 4.79 Å². The molecule has 1 aliphatic carbocycles. The van der Waals surface area contributed by atoms with Gasteiger partial charge in [-0.3, -0.25) is 9.69 Å². The fourth-order valence-electron chi connectivity index (χ4n) is 4.40. The topological polar surface area (TPSA) is 29.5 Å². The maximum Gasteiger partial charge on any atom is 0.313 e. The standard InChI is InChI=1S/C13H21NO2/c1-8(2)14-10-4-5-11(14)13(12(15)16-3)7-9(13)6-10/h8-11H,4-7H2,1-3H3. The molecular weight excluding hydrogens is 202 g/mol. The number of rotatable bonds is 2. The van der Waals surface area contributed by atoms with Crippen molar-refractivity contribution in [3.63, 3.8) is 0 Å². The van der Waals surface area contributed by atoms with Crippen LogP contribution in [0.25, 0.3) is 0 Å². The van der Waals surface area contributed by atoms with Gasteiger partial charge in [0.15, 0.2) is 0 Å². The number of carbonyl (C=O) groups excluding carboxylic acids is 1. The van der Waals surface area contributed by atoms with Gasteiger partial charge in [-0.2, -0.15) is 0 Å². The monoisotopic (exact) mass is 223 g/mol. The molecule has 90 valence electrons. The number of hydrogen-bond acceptors (Lipinski definition) is 3. The van der Waals surface area contributed by atoms with E-state index in [1.165, 1.54) is 26.4 Å². The smallest absolute Gasteiger partial charge is 0.313 e. The van der Waals surface area contributed by atoms with Crippen molar-refractivity contribution in [3.05, 3.63) is 0 Å². The summed E-state index contributed by atoms with van der Waals surface area (Å²) in [6.07, 6.45) is 4.75. The molecule has 0 radical (unpaired) electrons. The van der Waals surface area contributed by atoms with E-state index in [0.29, 0.717) is 18.0 Å². The molecule has 2 bridgehead atoms. The van der Waals surface area contributed by atoms with Crippen LogP contribution in [-0.2, 0) is 9.53 Å². The van der Waals surface area contributed by atoms with Gasteiger partial charge in [-0.15, -0.1) is 0 Å². The predicted molar refractivity (Wildman–Crippen MR) is 61.0 cm³/mol. The van der Waals surface area contributed by atoms with E-state index >= 15 is 0 Å². The first-order chi connectivity index (χ1) is 7.61. The van der Waals surface area contributed by atoms with Gasteiger partial charge in [-0.25, -0.2) is 0 Å². The van der Waals surface area contributed by atoms with Crippen molar-refractivity contribution in [3.8, 4) is 0 Å². The molecule has 3 aliphatic rings. The zero-order chi connectivity index (χ0) is 11.5. The molecule has 0 N–H and O–H groups in total. The number of fused-ring (bicyclic) bond motifs is 4. The van der Waals surface area contributed by atoms with Crippen molar-refractivity contribution in [2.75, 3.05) is 7.11 Å². The summed E-state index contributed by atoms with van der Waals surface area (Å²) in [4.78, 5) is 14.6. The van der Waals surface area contributed by atoms with Crippen LogP contribution >= 0.6 is 0 Å². The highest BCUT2D eigenvalue weighted by molar-refractivity contribution is 5.82. The van der Waals surface area contributed by atoms with Gasteiger partial charge in [0, 0.05) is 18.1 Å². The van der Waals surface area contributed by atoms with Gasteiger partial charge in [-0.1, -0.05) is 0 Å². The number of ether oxygens (including phenoxy) is 1. The Balaban J connectivity index is 1.92. The largest absolute Gasteiger partial charge is 0.469 e. The Morgan fingerprint density at radius 3 is 2.81 bits per heavy atom. The third-order valence-corrected chi connectivity index (χ3v) is 5.02. The Kier molecular flexibility index (Phi) is 2.13. The second kappa shape index (κ2) is 3.22. The second-order valence-electron chi connectivity index (χ2n) is 5.96. The van der Waals surface area contributed by atoms with Crippen LogP contribution in [0.2, 0.25) is 0 Å². The van der Waals surface area contributed by atoms with E-state index in [1.54, 1.807) is 0 Å².